The summed E-state index contributed by atoms with van der Waals surface area (Å²) in [6.45, 7) is 2.24. The van der Waals surface area contributed by atoms with Crippen molar-refractivity contribution in [2.75, 3.05) is 5.32 Å². The standard InChI is InChI=1S/C30H33N3O4/c1-20-9-14-26(34)33(32-20)19-21-10-12-24(13-11-21)27(23-6-2-3-7-23)28(35)31-25-8-4-5-22(17-25)18-30(15-16-30)29(36)37/h4-5,8-14,17,23,27H,2-3,6-7,15-16,18-19H2,1H3,(H,31,35)(H,36,37). The summed E-state index contributed by atoms with van der Waals surface area (Å²) in [5.41, 5.74) is 3.55. The van der Waals surface area contributed by atoms with Gasteiger partial charge in [-0.15, -0.1) is 0 Å². The molecular weight excluding hydrogens is 466 g/mol. The van der Waals surface area contributed by atoms with E-state index in [1.165, 1.54) is 10.7 Å². The van der Waals surface area contributed by atoms with Crippen molar-refractivity contribution in [1.82, 2.24) is 9.78 Å². The van der Waals surface area contributed by atoms with Crippen LogP contribution < -0.4 is 10.9 Å². The first kappa shape index (κ1) is 24.9. The molecule has 0 spiro atoms. The van der Waals surface area contributed by atoms with Gasteiger partial charge in [0.15, 0.2) is 0 Å². The summed E-state index contributed by atoms with van der Waals surface area (Å²) in [6, 6.07) is 18.8. The van der Waals surface area contributed by atoms with Crippen LogP contribution in [0.25, 0.3) is 0 Å². The van der Waals surface area contributed by atoms with Crippen LogP contribution >= 0.6 is 0 Å². The van der Waals surface area contributed by atoms with Crippen molar-refractivity contribution in [2.24, 2.45) is 11.3 Å². The highest BCUT2D eigenvalue weighted by atomic mass is 16.4. The number of anilines is 1. The molecule has 2 aliphatic carbocycles. The monoisotopic (exact) mass is 499 g/mol. The van der Waals surface area contributed by atoms with Crippen LogP contribution in [-0.2, 0) is 22.6 Å². The van der Waals surface area contributed by atoms with Crippen molar-refractivity contribution in [1.29, 1.82) is 0 Å². The number of nitrogens with one attached hydrogen (secondary N) is 1. The maximum absolute atomic E-state index is 13.6. The van der Waals surface area contributed by atoms with E-state index >= 15 is 0 Å². The molecule has 5 rings (SSSR count). The van der Waals surface area contributed by atoms with Crippen LogP contribution in [0.3, 0.4) is 0 Å². The number of rotatable bonds is 9. The Morgan fingerprint density at radius 3 is 2.46 bits per heavy atom. The van der Waals surface area contributed by atoms with Crippen LogP contribution in [0, 0.1) is 18.3 Å². The molecule has 0 saturated heterocycles. The summed E-state index contributed by atoms with van der Waals surface area (Å²) >= 11 is 0. The van der Waals surface area contributed by atoms with Crippen molar-refractivity contribution in [3.8, 4) is 0 Å². The van der Waals surface area contributed by atoms with Crippen molar-refractivity contribution in [3.63, 3.8) is 0 Å². The number of hydrogen-bond donors (Lipinski definition) is 2. The summed E-state index contributed by atoms with van der Waals surface area (Å²) in [4.78, 5) is 37.4. The fourth-order valence-electron chi connectivity index (χ4n) is 5.58. The van der Waals surface area contributed by atoms with Gasteiger partial charge in [-0.2, -0.15) is 5.10 Å². The second-order valence-electron chi connectivity index (χ2n) is 10.7. The fourth-order valence-corrected chi connectivity index (χ4v) is 5.58. The van der Waals surface area contributed by atoms with E-state index in [1.54, 1.807) is 6.07 Å². The van der Waals surface area contributed by atoms with Gasteiger partial charge < -0.3 is 10.4 Å². The predicted octanol–water partition coefficient (Wildman–Crippen LogP) is 4.92. The van der Waals surface area contributed by atoms with E-state index in [2.05, 4.69) is 10.4 Å². The maximum atomic E-state index is 13.6. The second-order valence-corrected chi connectivity index (χ2v) is 10.7. The highest BCUT2D eigenvalue weighted by Gasteiger charge is 2.50. The number of aliphatic carboxylic acids is 1. The zero-order valence-corrected chi connectivity index (χ0v) is 21.2. The maximum Gasteiger partial charge on any atom is 0.309 e. The molecule has 1 heterocycles. The van der Waals surface area contributed by atoms with Gasteiger partial charge in [0.2, 0.25) is 5.91 Å². The molecule has 1 amide bonds. The van der Waals surface area contributed by atoms with Gasteiger partial charge in [-0.1, -0.05) is 49.2 Å². The minimum Gasteiger partial charge on any atom is -0.481 e. The Morgan fingerprint density at radius 1 is 1.05 bits per heavy atom. The number of aryl methyl sites for hydroxylation is 1. The Labute approximate surface area is 216 Å². The Morgan fingerprint density at radius 2 is 1.78 bits per heavy atom. The van der Waals surface area contributed by atoms with Crippen molar-refractivity contribution in [2.45, 2.75) is 64.3 Å². The number of carboxylic acid groups (broad SMARTS) is 1. The van der Waals surface area contributed by atoms with E-state index < -0.39 is 11.4 Å². The highest BCUT2D eigenvalue weighted by Crippen LogP contribution is 2.48. The molecule has 2 saturated carbocycles. The molecule has 2 N–H and O–H groups in total. The molecule has 7 nitrogen and oxygen atoms in total. The van der Waals surface area contributed by atoms with E-state index in [-0.39, 0.29) is 23.3 Å². The molecule has 0 aliphatic heterocycles. The van der Waals surface area contributed by atoms with Gasteiger partial charge in [0, 0.05) is 11.8 Å². The fraction of sp³-hybridized carbons (Fsp3) is 0.400. The summed E-state index contributed by atoms with van der Waals surface area (Å²) in [5, 5.41) is 17.0. The Kier molecular flexibility index (Phi) is 6.96. The third kappa shape index (κ3) is 5.66. The average molecular weight is 500 g/mol. The first-order chi connectivity index (χ1) is 17.8. The lowest BCUT2D eigenvalue weighted by atomic mass is 9.83. The largest absolute Gasteiger partial charge is 0.481 e. The van der Waals surface area contributed by atoms with Crippen LogP contribution in [0.5, 0.6) is 0 Å². The minimum absolute atomic E-state index is 0.0345. The molecule has 2 aliphatic rings. The molecular formula is C30H33N3O4. The zero-order valence-electron chi connectivity index (χ0n) is 21.2. The van der Waals surface area contributed by atoms with Gasteiger partial charge >= 0.3 is 5.97 Å². The second kappa shape index (κ2) is 10.3. The number of hydrogen-bond acceptors (Lipinski definition) is 4. The molecule has 0 bridgehead atoms. The molecule has 2 fully saturated rings. The quantitative estimate of drug-likeness (QED) is 0.435. The van der Waals surface area contributed by atoms with E-state index in [4.69, 9.17) is 0 Å². The Balaban J connectivity index is 1.33. The number of carbonyl (C=O) groups is 2. The van der Waals surface area contributed by atoms with Crippen molar-refractivity contribution < 1.29 is 14.7 Å². The van der Waals surface area contributed by atoms with Gasteiger partial charge in [0.05, 0.1) is 23.6 Å². The summed E-state index contributed by atoms with van der Waals surface area (Å²) < 4.78 is 1.45. The van der Waals surface area contributed by atoms with Gasteiger partial charge in [0.1, 0.15) is 0 Å². The molecule has 1 atom stereocenters. The van der Waals surface area contributed by atoms with Gasteiger partial charge in [-0.3, -0.25) is 14.4 Å². The van der Waals surface area contributed by atoms with E-state index in [9.17, 15) is 19.5 Å². The number of carbonyl (C=O) groups excluding carboxylic acids is 1. The molecule has 7 heteroatoms. The van der Waals surface area contributed by atoms with Crippen LogP contribution in [0.15, 0.2) is 65.5 Å². The predicted molar refractivity (Wildman–Crippen MR) is 142 cm³/mol. The SMILES string of the molecule is Cc1ccc(=O)n(Cc2ccc(C(C(=O)Nc3cccc(CC4(C(=O)O)CC4)c3)C3CCCC3)cc2)n1. The molecule has 37 heavy (non-hydrogen) atoms. The third-order valence-corrected chi connectivity index (χ3v) is 7.87. The first-order valence-corrected chi connectivity index (χ1v) is 13.1. The molecule has 3 aromatic rings. The summed E-state index contributed by atoms with van der Waals surface area (Å²) in [6.07, 6.45) is 6.18. The van der Waals surface area contributed by atoms with Gasteiger partial charge in [-0.25, -0.2) is 4.68 Å². The van der Waals surface area contributed by atoms with Gasteiger partial charge in [0.25, 0.3) is 5.56 Å². The summed E-state index contributed by atoms with van der Waals surface area (Å²) in [7, 11) is 0. The number of aromatic nitrogens is 2. The smallest absolute Gasteiger partial charge is 0.309 e. The van der Waals surface area contributed by atoms with Crippen LogP contribution in [0.1, 0.15) is 66.8 Å². The lowest BCUT2D eigenvalue weighted by molar-refractivity contribution is -0.143. The van der Waals surface area contributed by atoms with Crippen molar-refractivity contribution in [3.05, 3.63) is 93.4 Å². The van der Waals surface area contributed by atoms with Crippen LogP contribution in [0.2, 0.25) is 0 Å². The topological polar surface area (TPSA) is 101 Å². The Bertz CT molecular complexity index is 1350. The third-order valence-electron chi connectivity index (χ3n) is 7.87. The number of carboxylic acids is 1. The molecule has 0 radical (unpaired) electrons. The minimum atomic E-state index is -0.741. The average Bonchev–Trinajstić information content (AvgIpc) is 3.46. The van der Waals surface area contributed by atoms with E-state index in [1.807, 2.05) is 55.5 Å². The Hall–Kier alpha value is -3.74. The zero-order chi connectivity index (χ0) is 26.0. The van der Waals surface area contributed by atoms with Crippen LogP contribution in [-0.4, -0.2) is 26.8 Å². The van der Waals surface area contributed by atoms with E-state index in [0.717, 1.165) is 48.1 Å². The normalized spacial score (nSPS) is 17.3. The molecule has 1 unspecified atom stereocenters. The number of benzene rings is 2. The number of nitrogens with zero attached hydrogens (tertiary/aromatic N) is 2. The van der Waals surface area contributed by atoms with Crippen molar-refractivity contribution >= 4 is 17.6 Å². The van der Waals surface area contributed by atoms with E-state index in [0.29, 0.717) is 31.5 Å². The summed E-state index contributed by atoms with van der Waals surface area (Å²) in [5.74, 6) is -0.770. The lowest BCUT2D eigenvalue weighted by Gasteiger charge is -2.24. The molecule has 1 aromatic heterocycles. The molecule has 192 valence electrons. The van der Waals surface area contributed by atoms with Crippen LogP contribution in [0.4, 0.5) is 5.69 Å². The molecule has 2 aromatic carbocycles. The first-order valence-electron chi connectivity index (χ1n) is 13.1. The number of amides is 1. The lowest BCUT2D eigenvalue weighted by Crippen LogP contribution is -2.27. The van der Waals surface area contributed by atoms with Gasteiger partial charge in [-0.05, 0) is 79.8 Å². The highest BCUT2D eigenvalue weighted by molar-refractivity contribution is 5.96.